The van der Waals surface area contributed by atoms with Gasteiger partial charge in [-0.2, -0.15) is 0 Å². The standard InChI is InChI=1S/C16H14N4O2S/c1-10(16-17-7-8-23-16)20-15(22)13-12(18-9-19-13)14(21)11-5-3-2-4-6-11/h2-10H,1H3,(H,18,19)(H,20,22)/t10-/m1/s1. The van der Waals surface area contributed by atoms with Gasteiger partial charge in [0.25, 0.3) is 5.91 Å². The van der Waals surface area contributed by atoms with E-state index < -0.39 is 0 Å². The van der Waals surface area contributed by atoms with Crippen LogP contribution < -0.4 is 5.32 Å². The first-order valence-electron chi connectivity index (χ1n) is 7.00. The molecule has 3 aromatic rings. The molecule has 6 nitrogen and oxygen atoms in total. The smallest absolute Gasteiger partial charge is 0.270 e. The van der Waals surface area contributed by atoms with Crippen LogP contribution in [0.2, 0.25) is 0 Å². The van der Waals surface area contributed by atoms with E-state index in [9.17, 15) is 9.59 Å². The van der Waals surface area contributed by atoms with Gasteiger partial charge in [-0.15, -0.1) is 11.3 Å². The first kappa shape index (κ1) is 15.1. The Labute approximate surface area is 136 Å². The number of thiazole rings is 1. The maximum atomic E-state index is 12.5. The van der Waals surface area contributed by atoms with Gasteiger partial charge in [-0.05, 0) is 6.92 Å². The molecule has 0 aliphatic carbocycles. The average molecular weight is 326 g/mol. The molecule has 0 fully saturated rings. The van der Waals surface area contributed by atoms with Crippen molar-refractivity contribution in [1.29, 1.82) is 0 Å². The highest BCUT2D eigenvalue weighted by atomic mass is 32.1. The SMILES string of the molecule is C[C@@H](NC(=O)c1[nH]cnc1C(=O)c1ccccc1)c1nccs1. The highest BCUT2D eigenvalue weighted by molar-refractivity contribution is 7.09. The molecule has 116 valence electrons. The van der Waals surface area contributed by atoms with Crippen molar-refractivity contribution in [2.24, 2.45) is 0 Å². The summed E-state index contributed by atoms with van der Waals surface area (Å²) in [5.74, 6) is -0.677. The molecule has 1 aromatic carbocycles. The van der Waals surface area contributed by atoms with Crippen LogP contribution in [0.4, 0.5) is 0 Å². The molecular weight excluding hydrogens is 312 g/mol. The third-order valence-electron chi connectivity index (χ3n) is 3.29. The largest absolute Gasteiger partial charge is 0.342 e. The molecule has 0 unspecified atom stereocenters. The Bertz CT molecular complexity index is 812. The molecule has 0 spiro atoms. The van der Waals surface area contributed by atoms with Gasteiger partial charge in [0, 0.05) is 17.1 Å². The number of carbonyl (C=O) groups excluding carboxylic acids is 2. The van der Waals surface area contributed by atoms with Gasteiger partial charge in [0.1, 0.15) is 16.4 Å². The van der Waals surface area contributed by atoms with E-state index in [1.54, 1.807) is 30.5 Å². The fraction of sp³-hybridized carbons (Fsp3) is 0.125. The lowest BCUT2D eigenvalue weighted by Gasteiger charge is -2.10. The molecule has 2 heterocycles. The van der Waals surface area contributed by atoms with Crippen LogP contribution >= 0.6 is 11.3 Å². The van der Waals surface area contributed by atoms with E-state index in [4.69, 9.17) is 0 Å². The fourth-order valence-corrected chi connectivity index (χ4v) is 2.79. The maximum absolute atomic E-state index is 12.5. The number of aromatic nitrogens is 3. The van der Waals surface area contributed by atoms with Crippen molar-refractivity contribution in [3.63, 3.8) is 0 Å². The molecule has 23 heavy (non-hydrogen) atoms. The van der Waals surface area contributed by atoms with Crippen molar-refractivity contribution in [3.8, 4) is 0 Å². The quantitative estimate of drug-likeness (QED) is 0.705. The minimum atomic E-state index is -0.385. The summed E-state index contributed by atoms with van der Waals surface area (Å²) in [5, 5.41) is 5.46. The first-order chi connectivity index (χ1) is 11.2. The number of rotatable bonds is 5. The minimum Gasteiger partial charge on any atom is -0.342 e. The summed E-state index contributed by atoms with van der Waals surface area (Å²) >= 11 is 1.46. The maximum Gasteiger partial charge on any atom is 0.270 e. The topological polar surface area (TPSA) is 87.7 Å². The first-order valence-corrected chi connectivity index (χ1v) is 7.88. The van der Waals surface area contributed by atoms with Crippen molar-refractivity contribution in [2.45, 2.75) is 13.0 Å². The number of imidazole rings is 1. The van der Waals surface area contributed by atoms with Gasteiger partial charge in [0.2, 0.25) is 5.78 Å². The van der Waals surface area contributed by atoms with Crippen LogP contribution in [-0.2, 0) is 0 Å². The molecule has 0 saturated carbocycles. The second-order valence-corrected chi connectivity index (χ2v) is 5.81. The van der Waals surface area contributed by atoms with Crippen LogP contribution in [0.3, 0.4) is 0 Å². The van der Waals surface area contributed by atoms with Gasteiger partial charge in [-0.1, -0.05) is 30.3 Å². The Morgan fingerprint density at radius 2 is 2.00 bits per heavy atom. The van der Waals surface area contributed by atoms with Crippen LogP contribution in [0, 0.1) is 0 Å². The lowest BCUT2D eigenvalue weighted by molar-refractivity contribution is 0.0924. The summed E-state index contributed by atoms with van der Waals surface area (Å²) < 4.78 is 0. The van der Waals surface area contributed by atoms with Gasteiger partial charge in [0.05, 0.1) is 12.4 Å². The van der Waals surface area contributed by atoms with Crippen LogP contribution in [-0.4, -0.2) is 26.6 Å². The summed E-state index contributed by atoms with van der Waals surface area (Å²) in [6.45, 7) is 1.84. The average Bonchev–Trinajstić information content (AvgIpc) is 3.26. The third-order valence-corrected chi connectivity index (χ3v) is 4.25. The zero-order valence-electron chi connectivity index (χ0n) is 12.3. The molecular formula is C16H14N4O2S. The van der Waals surface area contributed by atoms with Crippen LogP contribution in [0.15, 0.2) is 48.2 Å². The Balaban J connectivity index is 1.80. The molecule has 2 aromatic heterocycles. The van der Waals surface area contributed by atoms with Gasteiger partial charge in [-0.3, -0.25) is 9.59 Å². The van der Waals surface area contributed by atoms with E-state index in [0.717, 1.165) is 5.01 Å². The van der Waals surface area contributed by atoms with Gasteiger partial charge < -0.3 is 10.3 Å². The van der Waals surface area contributed by atoms with E-state index in [2.05, 4.69) is 20.3 Å². The Morgan fingerprint density at radius 3 is 2.70 bits per heavy atom. The molecule has 3 rings (SSSR count). The lowest BCUT2D eigenvalue weighted by Crippen LogP contribution is -2.28. The van der Waals surface area contributed by atoms with Crippen molar-refractivity contribution in [3.05, 3.63) is 70.2 Å². The van der Waals surface area contributed by atoms with Crippen LogP contribution in [0.1, 0.15) is 44.5 Å². The van der Waals surface area contributed by atoms with Crippen LogP contribution in [0.25, 0.3) is 0 Å². The molecule has 0 saturated heterocycles. The van der Waals surface area contributed by atoms with Crippen LogP contribution in [0.5, 0.6) is 0 Å². The Kier molecular flexibility index (Phi) is 4.29. The predicted molar refractivity (Wildman–Crippen MR) is 86.5 cm³/mol. The molecule has 0 radical (unpaired) electrons. The highest BCUT2D eigenvalue weighted by Gasteiger charge is 2.23. The van der Waals surface area contributed by atoms with E-state index in [0.29, 0.717) is 5.56 Å². The van der Waals surface area contributed by atoms with Gasteiger partial charge >= 0.3 is 0 Å². The second kappa shape index (κ2) is 6.53. The zero-order valence-corrected chi connectivity index (χ0v) is 13.1. The number of hydrogen-bond donors (Lipinski definition) is 2. The number of ketones is 1. The summed E-state index contributed by atoms with van der Waals surface area (Å²) in [4.78, 5) is 35.8. The summed E-state index contributed by atoms with van der Waals surface area (Å²) in [6.07, 6.45) is 3.03. The Hall–Kier alpha value is -2.80. The van der Waals surface area contributed by atoms with Crippen molar-refractivity contribution in [1.82, 2.24) is 20.3 Å². The van der Waals surface area contributed by atoms with E-state index >= 15 is 0 Å². The zero-order chi connectivity index (χ0) is 16.2. The molecule has 0 aliphatic rings. The second-order valence-electron chi connectivity index (χ2n) is 4.89. The fourth-order valence-electron chi connectivity index (χ4n) is 2.14. The lowest BCUT2D eigenvalue weighted by atomic mass is 10.1. The van der Waals surface area contributed by atoms with Gasteiger partial charge in [0.15, 0.2) is 0 Å². The number of nitrogens with one attached hydrogen (secondary N) is 2. The number of nitrogens with zero attached hydrogens (tertiary/aromatic N) is 2. The van der Waals surface area contributed by atoms with E-state index in [1.165, 1.54) is 17.7 Å². The monoisotopic (exact) mass is 326 g/mol. The van der Waals surface area contributed by atoms with Crippen molar-refractivity contribution in [2.75, 3.05) is 0 Å². The normalized spacial score (nSPS) is 11.9. The molecule has 1 amide bonds. The number of aromatic amines is 1. The van der Waals surface area contributed by atoms with E-state index in [1.807, 2.05) is 18.4 Å². The van der Waals surface area contributed by atoms with E-state index in [-0.39, 0.29) is 29.1 Å². The molecule has 7 heteroatoms. The van der Waals surface area contributed by atoms with Crippen molar-refractivity contribution >= 4 is 23.0 Å². The number of amides is 1. The molecule has 0 aliphatic heterocycles. The summed E-state index contributed by atoms with van der Waals surface area (Å²) in [7, 11) is 0. The predicted octanol–water partition coefficient (Wildman–Crippen LogP) is 2.59. The number of benzene rings is 1. The molecule has 0 bridgehead atoms. The number of hydrogen-bond acceptors (Lipinski definition) is 5. The highest BCUT2D eigenvalue weighted by Crippen LogP contribution is 2.16. The number of carbonyl (C=O) groups is 2. The summed E-state index contributed by atoms with van der Waals surface area (Å²) in [6, 6.07) is 8.50. The third kappa shape index (κ3) is 3.19. The van der Waals surface area contributed by atoms with Gasteiger partial charge in [-0.25, -0.2) is 9.97 Å². The number of H-pyrrole nitrogens is 1. The van der Waals surface area contributed by atoms with Crippen molar-refractivity contribution < 1.29 is 9.59 Å². The molecule has 1 atom stereocenters. The minimum absolute atomic E-state index is 0.111. The Morgan fingerprint density at radius 1 is 1.22 bits per heavy atom. The summed E-state index contributed by atoms with van der Waals surface area (Å²) in [5.41, 5.74) is 0.754. The molecule has 2 N–H and O–H groups in total.